The smallest absolute Gasteiger partial charge is 0.265 e. The van der Waals surface area contributed by atoms with Crippen molar-refractivity contribution in [2.24, 2.45) is 11.7 Å². The molecule has 24 heavy (non-hydrogen) atoms. The summed E-state index contributed by atoms with van der Waals surface area (Å²) >= 11 is 1.55. The van der Waals surface area contributed by atoms with Gasteiger partial charge in [-0.05, 0) is 37.8 Å². The summed E-state index contributed by atoms with van der Waals surface area (Å²) in [6, 6.07) is 10.4. The Balaban J connectivity index is 1.79. The van der Waals surface area contributed by atoms with E-state index >= 15 is 0 Å². The standard InChI is InChI=1S/C19H25N3OS/c1-3-7-17-21-13(2)18(24-17)19(23)22-11-15(10-20)16(12-22)14-8-5-4-6-9-14/h4-6,8-9,15-16H,3,7,10-12,20H2,1-2H3/t15-,16+/m1/s1. The molecule has 1 aromatic heterocycles. The molecule has 0 unspecified atom stereocenters. The van der Waals surface area contributed by atoms with Gasteiger partial charge >= 0.3 is 0 Å². The summed E-state index contributed by atoms with van der Waals surface area (Å²) in [6.07, 6.45) is 1.99. The molecule has 0 bridgehead atoms. The van der Waals surface area contributed by atoms with E-state index in [1.165, 1.54) is 5.56 Å². The summed E-state index contributed by atoms with van der Waals surface area (Å²) in [5.74, 6) is 0.757. The van der Waals surface area contributed by atoms with Crippen molar-refractivity contribution in [1.82, 2.24) is 9.88 Å². The molecule has 1 aromatic carbocycles. The van der Waals surface area contributed by atoms with E-state index in [0.717, 1.165) is 41.5 Å². The molecule has 4 nitrogen and oxygen atoms in total. The first-order valence-electron chi connectivity index (χ1n) is 8.64. The monoisotopic (exact) mass is 343 g/mol. The Morgan fingerprint density at radius 2 is 2.08 bits per heavy atom. The molecule has 5 heteroatoms. The second-order valence-electron chi connectivity index (χ2n) is 6.50. The zero-order valence-electron chi connectivity index (χ0n) is 14.4. The molecule has 1 aliphatic heterocycles. The van der Waals surface area contributed by atoms with Gasteiger partial charge in [0.2, 0.25) is 0 Å². The third-order valence-electron chi connectivity index (χ3n) is 4.76. The molecule has 1 fully saturated rings. The first-order valence-corrected chi connectivity index (χ1v) is 9.46. The van der Waals surface area contributed by atoms with E-state index in [4.69, 9.17) is 5.73 Å². The quantitative estimate of drug-likeness (QED) is 0.907. The number of benzene rings is 1. The van der Waals surface area contributed by atoms with Crippen molar-refractivity contribution < 1.29 is 4.79 Å². The average molecular weight is 343 g/mol. The van der Waals surface area contributed by atoms with E-state index in [2.05, 4.69) is 36.2 Å². The fourth-order valence-electron chi connectivity index (χ4n) is 3.47. The maximum atomic E-state index is 13.0. The molecule has 0 saturated carbocycles. The van der Waals surface area contributed by atoms with Crippen LogP contribution in [0, 0.1) is 12.8 Å². The predicted molar refractivity (Wildman–Crippen MR) is 98.5 cm³/mol. The zero-order valence-corrected chi connectivity index (χ0v) is 15.2. The number of thiazole rings is 1. The SMILES string of the molecule is CCCc1nc(C)c(C(=O)N2C[C@@H](CN)[C@H](c3ccccc3)C2)s1. The number of likely N-dealkylation sites (tertiary alicyclic amines) is 1. The van der Waals surface area contributed by atoms with Crippen LogP contribution < -0.4 is 5.73 Å². The van der Waals surface area contributed by atoms with Crippen LogP contribution in [0.2, 0.25) is 0 Å². The molecular formula is C19H25N3OS. The van der Waals surface area contributed by atoms with Gasteiger partial charge in [0, 0.05) is 19.0 Å². The summed E-state index contributed by atoms with van der Waals surface area (Å²) in [5, 5.41) is 1.06. The van der Waals surface area contributed by atoms with E-state index in [0.29, 0.717) is 18.4 Å². The first kappa shape index (κ1) is 17.1. The van der Waals surface area contributed by atoms with Gasteiger partial charge in [0.1, 0.15) is 4.88 Å². The molecule has 2 N–H and O–H groups in total. The molecule has 2 heterocycles. The molecule has 1 saturated heterocycles. The molecule has 1 amide bonds. The Labute approximate surface area is 147 Å². The van der Waals surface area contributed by atoms with Gasteiger partial charge in [0.15, 0.2) is 0 Å². The van der Waals surface area contributed by atoms with Crippen LogP contribution in [0.3, 0.4) is 0 Å². The van der Waals surface area contributed by atoms with Gasteiger partial charge in [-0.25, -0.2) is 4.98 Å². The normalized spacial score (nSPS) is 20.5. The van der Waals surface area contributed by atoms with Crippen molar-refractivity contribution in [2.45, 2.75) is 32.6 Å². The Hall–Kier alpha value is -1.72. The number of carbonyl (C=O) groups is 1. The van der Waals surface area contributed by atoms with Crippen LogP contribution in [-0.2, 0) is 6.42 Å². The van der Waals surface area contributed by atoms with Crippen molar-refractivity contribution in [2.75, 3.05) is 19.6 Å². The van der Waals surface area contributed by atoms with Crippen molar-refractivity contribution >= 4 is 17.2 Å². The highest BCUT2D eigenvalue weighted by Crippen LogP contribution is 2.33. The second kappa shape index (κ2) is 7.45. The Kier molecular flexibility index (Phi) is 5.31. The number of amides is 1. The second-order valence-corrected chi connectivity index (χ2v) is 7.58. The number of hydrogen-bond acceptors (Lipinski definition) is 4. The van der Waals surface area contributed by atoms with E-state index in [-0.39, 0.29) is 5.91 Å². The fourth-order valence-corrected chi connectivity index (χ4v) is 4.60. The zero-order chi connectivity index (χ0) is 17.1. The third-order valence-corrected chi connectivity index (χ3v) is 5.96. The maximum absolute atomic E-state index is 13.0. The van der Waals surface area contributed by atoms with Gasteiger partial charge in [-0.3, -0.25) is 4.79 Å². The van der Waals surface area contributed by atoms with Gasteiger partial charge in [-0.1, -0.05) is 37.3 Å². The summed E-state index contributed by atoms with van der Waals surface area (Å²) in [6.45, 7) is 6.15. The molecule has 0 spiro atoms. The van der Waals surface area contributed by atoms with E-state index in [1.54, 1.807) is 11.3 Å². The van der Waals surface area contributed by atoms with Gasteiger partial charge in [0.25, 0.3) is 5.91 Å². The van der Waals surface area contributed by atoms with Gasteiger partial charge < -0.3 is 10.6 Å². The minimum atomic E-state index is 0.115. The fraction of sp³-hybridized carbons (Fsp3) is 0.474. The minimum Gasteiger partial charge on any atom is -0.337 e. The largest absolute Gasteiger partial charge is 0.337 e. The predicted octanol–water partition coefficient (Wildman–Crippen LogP) is 3.22. The van der Waals surface area contributed by atoms with Crippen molar-refractivity contribution in [3.05, 3.63) is 51.5 Å². The van der Waals surface area contributed by atoms with Crippen molar-refractivity contribution in [3.8, 4) is 0 Å². The Bertz CT molecular complexity index is 698. The summed E-state index contributed by atoms with van der Waals surface area (Å²) < 4.78 is 0. The van der Waals surface area contributed by atoms with Gasteiger partial charge in [-0.2, -0.15) is 0 Å². The highest BCUT2D eigenvalue weighted by atomic mass is 32.1. The van der Waals surface area contributed by atoms with Crippen molar-refractivity contribution in [1.29, 1.82) is 0 Å². The van der Waals surface area contributed by atoms with Crippen LogP contribution in [-0.4, -0.2) is 35.4 Å². The number of aromatic nitrogens is 1. The number of rotatable bonds is 5. The topological polar surface area (TPSA) is 59.2 Å². The molecular weight excluding hydrogens is 318 g/mol. The summed E-state index contributed by atoms with van der Waals surface area (Å²) in [4.78, 5) is 20.3. The van der Waals surface area contributed by atoms with E-state index in [9.17, 15) is 4.79 Å². The maximum Gasteiger partial charge on any atom is 0.265 e. The van der Waals surface area contributed by atoms with Crippen LogP contribution in [0.25, 0.3) is 0 Å². The molecule has 0 aliphatic carbocycles. The third kappa shape index (κ3) is 3.37. The van der Waals surface area contributed by atoms with Gasteiger partial charge in [0.05, 0.1) is 10.7 Å². The lowest BCUT2D eigenvalue weighted by molar-refractivity contribution is 0.0790. The van der Waals surface area contributed by atoms with Crippen molar-refractivity contribution in [3.63, 3.8) is 0 Å². The molecule has 1 aliphatic rings. The molecule has 2 atom stereocenters. The first-order chi connectivity index (χ1) is 11.6. The van der Waals surface area contributed by atoms with E-state index in [1.807, 2.05) is 17.9 Å². The minimum absolute atomic E-state index is 0.115. The Morgan fingerprint density at radius 3 is 2.75 bits per heavy atom. The lowest BCUT2D eigenvalue weighted by atomic mass is 9.89. The van der Waals surface area contributed by atoms with Crippen LogP contribution in [0.4, 0.5) is 0 Å². The summed E-state index contributed by atoms with van der Waals surface area (Å²) in [5.41, 5.74) is 8.12. The Morgan fingerprint density at radius 1 is 1.33 bits per heavy atom. The molecule has 2 aromatic rings. The highest BCUT2D eigenvalue weighted by molar-refractivity contribution is 7.13. The lowest BCUT2D eigenvalue weighted by Crippen LogP contribution is -2.29. The highest BCUT2D eigenvalue weighted by Gasteiger charge is 2.36. The van der Waals surface area contributed by atoms with Crippen LogP contribution in [0.15, 0.2) is 30.3 Å². The van der Waals surface area contributed by atoms with Gasteiger partial charge in [-0.15, -0.1) is 11.3 Å². The number of aryl methyl sites for hydroxylation is 2. The molecule has 3 rings (SSSR count). The molecule has 0 radical (unpaired) electrons. The lowest BCUT2D eigenvalue weighted by Gasteiger charge is -2.16. The summed E-state index contributed by atoms with van der Waals surface area (Å²) in [7, 11) is 0. The number of nitrogens with zero attached hydrogens (tertiary/aromatic N) is 2. The average Bonchev–Trinajstić information content (AvgIpc) is 3.19. The number of nitrogens with two attached hydrogens (primary N) is 1. The van der Waals surface area contributed by atoms with Crippen LogP contribution in [0.5, 0.6) is 0 Å². The number of hydrogen-bond donors (Lipinski definition) is 1. The number of carbonyl (C=O) groups excluding carboxylic acids is 1. The molecule has 128 valence electrons. The van der Waals surface area contributed by atoms with E-state index < -0.39 is 0 Å². The van der Waals surface area contributed by atoms with Crippen LogP contribution in [0.1, 0.15) is 45.2 Å². The van der Waals surface area contributed by atoms with Crippen LogP contribution >= 0.6 is 11.3 Å².